The molecule has 2 heteroatoms. The van der Waals surface area contributed by atoms with Gasteiger partial charge in [0, 0.05) is 17.4 Å². The molecule has 0 spiro atoms. The van der Waals surface area contributed by atoms with Gasteiger partial charge in [-0.05, 0) is 43.4 Å². The lowest BCUT2D eigenvalue weighted by Gasteiger charge is -2.40. The predicted octanol–water partition coefficient (Wildman–Crippen LogP) is 3.42. The van der Waals surface area contributed by atoms with Gasteiger partial charge in [-0.15, -0.1) is 0 Å². The Morgan fingerprint density at radius 3 is 2.28 bits per heavy atom. The smallest absolute Gasteiger partial charge is 0.159 e. The van der Waals surface area contributed by atoms with Crippen LogP contribution in [-0.4, -0.2) is 11.6 Å². The minimum atomic E-state index is -0.490. The summed E-state index contributed by atoms with van der Waals surface area (Å²) in [6, 6.07) is 5.78. The minimum Gasteiger partial charge on any atom is -0.299 e. The molecule has 0 saturated carbocycles. The third-order valence-corrected chi connectivity index (χ3v) is 4.13. The lowest BCUT2D eigenvalue weighted by atomic mass is 9.62. The number of ketones is 2. The Hall–Kier alpha value is -1.44. The van der Waals surface area contributed by atoms with E-state index < -0.39 is 5.41 Å². The first-order valence-corrected chi connectivity index (χ1v) is 6.35. The maximum absolute atomic E-state index is 12.3. The van der Waals surface area contributed by atoms with Crippen molar-refractivity contribution in [3.8, 4) is 0 Å². The van der Waals surface area contributed by atoms with Crippen molar-refractivity contribution in [2.45, 2.75) is 51.9 Å². The Morgan fingerprint density at radius 2 is 1.72 bits per heavy atom. The molecule has 0 bridgehead atoms. The van der Waals surface area contributed by atoms with Crippen LogP contribution in [0, 0.1) is 0 Å². The Morgan fingerprint density at radius 1 is 1.11 bits per heavy atom. The normalized spacial score (nSPS) is 20.4. The van der Waals surface area contributed by atoms with Crippen LogP contribution in [0.25, 0.3) is 0 Å². The van der Waals surface area contributed by atoms with Gasteiger partial charge < -0.3 is 0 Å². The van der Waals surface area contributed by atoms with Crippen molar-refractivity contribution in [2.24, 2.45) is 0 Å². The summed E-state index contributed by atoms with van der Waals surface area (Å²) in [4.78, 5) is 23.8. The molecule has 96 valence electrons. The molecule has 1 aliphatic carbocycles. The molecule has 0 radical (unpaired) electrons. The van der Waals surface area contributed by atoms with Gasteiger partial charge in [0.05, 0.1) is 0 Å². The van der Waals surface area contributed by atoms with E-state index in [0.29, 0.717) is 12.0 Å². The number of rotatable bonds is 1. The molecule has 0 heterocycles. The van der Waals surface area contributed by atoms with E-state index >= 15 is 0 Å². The number of hydrogen-bond acceptors (Lipinski definition) is 2. The van der Waals surface area contributed by atoms with E-state index in [0.717, 1.165) is 5.56 Å². The van der Waals surface area contributed by atoms with E-state index in [9.17, 15) is 9.59 Å². The molecule has 1 aromatic carbocycles. The van der Waals surface area contributed by atoms with Gasteiger partial charge in [0.25, 0.3) is 0 Å². The van der Waals surface area contributed by atoms with Gasteiger partial charge in [-0.2, -0.15) is 0 Å². The third kappa shape index (κ3) is 1.80. The Balaban J connectivity index is 2.72. The molecule has 2 rings (SSSR count). The molecule has 0 amide bonds. The van der Waals surface area contributed by atoms with Crippen LogP contribution in [0.4, 0.5) is 0 Å². The molecule has 2 nitrogen and oxygen atoms in total. The second-order valence-electron chi connectivity index (χ2n) is 6.43. The standard InChI is InChI=1S/C16H20O2/c1-10(17)11-6-7-12-13(8-11)16(4,5)14(18)9-15(12,2)3/h6-8H,9H2,1-5H3. The van der Waals surface area contributed by atoms with E-state index in [1.165, 1.54) is 5.56 Å². The van der Waals surface area contributed by atoms with Crippen molar-refractivity contribution in [3.63, 3.8) is 0 Å². The highest BCUT2D eigenvalue weighted by molar-refractivity contribution is 5.97. The van der Waals surface area contributed by atoms with E-state index in [4.69, 9.17) is 0 Å². The molecule has 0 fully saturated rings. The molecule has 1 aliphatic rings. The first kappa shape index (κ1) is 13.0. The van der Waals surface area contributed by atoms with Crippen LogP contribution in [0.2, 0.25) is 0 Å². The molecular weight excluding hydrogens is 224 g/mol. The van der Waals surface area contributed by atoms with E-state index in [-0.39, 0.29) is 17.0 Å². The van der Waals surface area contributed by atoms with Gasteiger partial charge in [-0.3, -0.25) is 9.59 Å². The summed E-state index contributed by atoms with van der Waals surface area (Å²) in [6.45, 7) is 9.64. The van der Waals surface area contributed by atoms with Crippen LogP contribution in [0.15, 0.2) is 18.2 Å². The fraction of sp³-hybridized carbons (Fsp3) is 0.500. The minimum absolute atomic E-state index is 0.0458. The van der Waals surface area contributed by atoms with Crippen LogP contribution < -0.4 is 0 Å². The summed E-state index contributed by atoms with van der Waals surface area (Å²) < 4.78 is 0. The number of carbonyl (C=O) groups is 2. The van der Waals surface area contributed by atoms with Gasteiger partial charge in [-0.25, -0.2) is 0 Å². The second kappa shape index (κ2) is 3.78. The largest absolute Gasteiger partial charge is 0.299 e. The summed E-state index contributed by atoms with van der Waals surface area (Å²) in [7, 11) is 0. The van der Waals surface area contributed by atoms with E-state index in [1.807, 2.05) is 32.0 Å². The summed E-state index contributed by atoms with van der Waals surface area (Å²) in [6.07, 6.45) is 0.562. The Kier molecular flexibility index (Phi) is 2.73. The van der Waals surface area contributed by atoms with Gasteiger partial charge >= 0.3 is 0 Å². The molecule has 1 aromatic rings. The Labute approximate surface area is 108 Å². The summed E-state index contributed by atoms with van der Waals surface area (Å²) in [5.41, 5.74) is 2.26. The highest BCUT2D eigenvalue weighted by Crippen LogP contribution is 2.43. The fourth-order valence-corrected chi connectivity index (χ4v) is 2.74. The Bertz CT molecular complexity index is 536. The highest BCUT2D eigenvalue weighted by Gasteiger charge is 2.43. The van der Waals surface area contributed by atoms with Crippen molar-refractivity contribution < 1.29 is 9.59 Å². The summed E-state index contributed by atoms with van der Waals surface area (Å²) >= 11 is 0. The molecule has 0 atom stereocenters. The lowest BCUT2D eigenvalue weighted by Crippen LogP contribution is -2.42. The molecule has 0 unspecified atom stereocenters. The third-order valence-electron chi connectivity index (χ3n) is 4.13. The maximum Gasteiger partial charge on any atom is 0.159 e. The van der Waals surface area contributed by atoms with E-state index in [2.05, 4.69) is 13.8 Å². The van der Waals surface area contributed by atoms with Crippen LogP contribution in [0.5, 0.6) is 0 Å². The van der Waals surface area contributed by atoms with Crippen molar-refractivity contribution in [1.29, 1.82) is 0 Å². The number of Topliss-reactive ketones (excluding diaryl/α,β-unsaturated/α-hetero) is 2. The van der Waals surface area contributed by atoms with Gasteiger partial charge in [0.15, 0.2) is 5.78 Å². The van der Waals surface area contributed by atoms with Gasteiger partial charge in [0.1, 0.15) is 5.78 Å². The predicted molar refractivity (Wildman–Crippen MR) is 72.1 cm³/mol. The van der Waals surface area contributed by atoms with E-state index in [1.54, 1.807) is 6.92 Å². The van der Waals surface area contributed by atoms with Crippen molar-refractivity contribution in [2.75, 3.05) is 0 Å². The molecule has 0 N–H and O–H groups in total. The van der Waals surface area contributed by atoms with Crippen LogP contribution in [0.3, 0.4) is 0 Å². The number of benzene rings is 1. The monoisotopic (exact) mass is 244 g/mol. The second-order valence-corrected chi connectivity index (χ2v) is 6.43. The van der Waals surface area contributed by atoms with Crippen molar-refractivity contribution in [1.82, 2.24) is 0 Å². The van der Waals surface area contributed by atoms with Gasteiger partial charge in [0.2, 0.25) is 0 Å². The van der Waals surface area contributed by atoms with Crippen LogP contribution in [-0.2, 0) is 15.6 Å². The lowest BCUT2D eigenvalue weighted by molar-refractivity contribution is -0.125. The van der Waals surface area contributed by atoms with Gasteiger partial charge in [-0.1, -0.05) is 26.0 Å². The molecule has 0 saturated heterocycles. The average molecular weight is 244 g/mol. The van der Waals surface area contributed by atoms with Crippen LogP contribution >= 0.6 is 0 Å². The summed E-state index contributed by atoms with van der Waals surface area (Å²) in [5.74, 6) is 0.296. The molecule has 18 heavy (non-hydrogen) atoms. The quantitative estimate of drug-likeness (QED) is 0.709. The van der Waals surface area contributed by atoms with Crippen molar-refractivity contribution in [3.05, 3.63) is 34.9 Å². The van der Waals surface area contributed by atoms with Crippen LogP contribution in [0.1, 0.15) is 62.5 Å². The fourth-order valence-electron chi connectivity index (χ4n) is 2.74. The zero-order valence-corrected chi connectivity index (χ0v) is 11.8. The first-order valence-electron chi connectivity index (χ1n) is 6.35. The first-order chi connectivity index (χ1) is 8.16. The van der Waals surface area contributed by atoms with Crippen molar-refractivity contribution >= 4 is 11.6 Å². The SMILES string of the molecule is CC(=O)c1ccc2c(c1)C(C)(C)C(=O)CC2(C)C. The number of fused-ring (bicyclic) bond motifs is 1. The maximum atomic E-state index is 12.3. The zero-order chi connectivity index (χ0) is 13.7. The molecular formula is C16H20O2. The number of carbonyl (C=O) groups excluding carboxylic acids is 2. The average Bonchev–Trinajstić information content (AvgIpc) is 2.26. The topological polar surface area (TPSA) is 34.1 Å². The summed E-state index contributed by atoms with van der Waals surface area (Å²) in [5, 5.41) is 0. The number of hydrogen-bond donors (Lipinski definition) is 0. The molecule has 0 aliphatic heterocycles. The zero-order valence-electron chi connectivity index (χ0n) is 11.8. The highest BCUT2D eigenvalue weighted by atomic mass is 16.1. The molecule has 0 aromatic heterocycles.